The maximum Gasteiger partial charge on any atom is 0.161 e. The second kappa shape index (κ2) is 6.66. The van der Waals surface area contributed by atoms with Crippen molar-refractivity contribution in [3.8, 4) is 17.2 Å². The highest BCUT2D eigenvalue weighted by atomic mass is 79.9. The Morgan fingerprint density at radius 3 is 2.30 bits per heavy atom. The van der Waals surface area contributed by atoms with Crippen molar-refractivity contribution in [3.63, 3.8) is 0 Å². The zero-order valence-corrected chi connectivity index (χ0v) is 13.4. The number of benzene rings is 2. The van der Waals surface area contributed by atoms with Crippen molar-refractivity contribution in [2.75, 3.05) is 14.2 Å². The third kappa shape index (κ3) is 3.45. The van der Waals surface area contributed by atoms with Gasteiger partial charge in [-0.2, -0.15) is 0 Å². The second-order valence-corrected chi connectivity index (χ2v) is 5.31. The lowest BCUT2D eigenvalue weighted by Gasteiger charge is -2.13. The Morgan fingerprint density at radius 1 is 0.900 bits per heavy atom. The zero-order valence-electron chi connectivity index (χ0n) is 11.8. The van der Waals surface area contributed by atoms with Crippen LogP contribution in [0.2, 0.25) is 0 Å². The number of hydrogen-bond acceptors (Lipinski definition) is 3. The fourth-order valence-electron chi connectivity index (χ4n) is 1.91. The van der Waals surface area contributed by atoms with E-state index in [9.17, 15) is 0 Å². The van der Waals surface area contributed by atoms with E-state index in [1.54, 1.807) is 14.2 Å². The van der Waals surface area contributed by atoms with Crippen LogP contribution in [0.25, 0.3) is 0 Å². The molecule has 0 aliphatic carbocycles. The van der Waals surface area contributed by atoms with Crippen LogP contribution in [0.3, 0.4) is 0 Å². The largest absolute Gasteiger partial charge is 0.496 e. The highest BCUT2D eigenvalue weighted by molar-refractivity contribution is 9.10. The molecule has 0 bridgehead atoms. The van der Waals surface area contributed by atoms with Gasteiger partial charge < -0.3 is 14.2 Å². The van der Waals surface area contributed by atoms with Gasteiger partial charge >= 0.3 is 0 Å². The smallest absolute Gasteiger partial charge is 0.161 e. The van der Waals surface area contributed by atoms with Crippen molar-refractivity contribution in [2.24, 2.45) is 0 Å². The zero-order chi connectivity index (χ0) is 14.5. The lowest BCUT2D eigenvalue weighted by molar-refractivity contribution is 0.278. The normalized spacial score (nSPS) is 10.2. The van der Waals surface area contributed by atoms with E-state index >= 15 is 0 Å². The van der Waals surface area contributed by atoms with Crippen LogP contribution in [0.5, 0.6) is 17.2 Å². The molecule has 4 heteroatoms. The molecule has 106 valence electrons. The van der Waals surface area contributed by atoms with Crippen molar-refractivity contribution in [2.45, 2.75) is 13.5 Å². The van der Waals surface area contributed by atoms with E-state index in [-0.39, 0.29) is 0 Å². The van der Waals surface area contributed by atoms with E-state index in [0.29, 0.717) is 6.61 Å². The van der Waals surface area contributed by atoms with Crippen molar-refractivity contribution in [3.05, 3.63) is 52.0 Å². The second-order valence-electron chi connectivity index (χ2n) is 4.40. The molecule has 2 rings (SSSR count). The summed E-state index contributed by atoms with van der Waals surface area (Å²) in [6, 6.07) is 11.7. The van der Waals surface area contributed by atoms with Crippen LogP contribution >= 0.6 is 15.9 Å². The third-order valence-electron chi connectivity index (χ3n) is 2.94. The molecule has 0 N–H and O–H groups in total. The number of ether oxygens (including phenoxy) is 3. The molecule has 0 aliphatic rings. The van der Waals surface area contributed by atoms with Crippen LogP contribution in [0.4, 0.5) is 0 Å². The van der Waals surface area contributed by atoms with E-state index in [0.717, 1.165) is 32.8 Å². The molecule has 0 heterocycles. The highest BCUT2D eigenvalue weighted by Gasteiger charge is 2.08. The molecule has 3 nitrogen and oxygen atoms in total. The van der Waals surface area contributed by atoms with Crippen molar-refractivity contribution >= 4 is 15.9 Å². The van der Waals surface area contributed by atoms with Gasteiger partial charge in [0.15, 0.2) is 11.5 Å². The molecule has 2 aromatic carbocycles. The summed E-state index contributed by atoms with van der Waals surface area (Å²) in [4.78, 5) is 0. The van der Waals surface area contributed by atoms with Crippen molar-refractivity contribution in [1.29, 1.82) is 0 Å². The summed E-state index contributed by atoms with van der Waals surface area (Å²) in [5.41, 5.74) is 2.11. The number of aryl methyl sites for hydroxylation is 1. The Morgan fingerprint density at radius 2 is 1.60 bits per heavy atom. The molecule has 20 heavy (non-hydrogen) atoms. The predicted octanol–water partition coefficient (Wildman–Crippen LogP) is 4.35. The molecule has 2 aromatic rings. The van der Waals surface area contributed by atoms with Gasteiger partial charge in [-0.05, 0) is 42.8 Å². The Balaban J connectivity index is 2.18. The molecule has 0 fully saturated rings. The molecule has 0 unspecified atom stereocenters. The van der Waals surface area contributed by atoms with Gasteiger partial charge in [0.25, 0.3) is 0 Å². The maximum atomic E-state index is 5.84. The SMILES string of the molecule is COc1ccc(Br)cc1COc1ccc(C)cc1OC. The van der Waals surface area contributed by atoms with E-state index in [1.165, 1.54) is 0 Å². The maximum absolute atomic E-state index is 5.84. The number of rotatable bonds is 5. The first kappa shape index (κ1) is 14.7. The monoisotopic (exact) mass is 336 g/mol. The summed E-state index contributed by atoms with van der Waals surface area (Å²) in [6.07, 6.45) is 0. The van der Waals surface area contributed by atoms with E-state index in [2.05, 4.69) is 15.9 Å². The Labute approximate surface area is 127 Å². The minimum Gasteiger partial charge on any atom is -0.496 e. The molecule has 0 saturated heterocycles. The summed E-state index contributed by atoms with van der Waals surface area (Å²) < 4.78 is 17.5. The lowest BCUT2D eigenvalue weighted by atomic mass is 10.2. The Hall–Kier alpha value is -1.68. The fraction of sp³-hybridized carbons (Fsp3) is 0.250. The summed E-state index contributed by atoms with van der Waals surface area (Å²) in [6.45, 7) is 2.44. The Bertz CT molecular complexity index is 596. The summed E-state index contributed by atoms with van der Waals surface area (Å²) in [5.74, 6) is 2.26. The standard InChI is InChI=1S/C16H17BrO3/c1-11-4-6-15(16(8-11)19-3)20-10-12-9-13(17)5-7-14(12)18-2/h4-9H,10H2,1-3H3. The van der Waals surface area contributed by atoms with Gasteiger partial charge in [0, 0.05) is 10.0 Å². The van der Waals surface area contributed by atoms with Gasteiger partial charge in [0.1, 0.15) is 12.4 Å². The molecule has 0 spiro atoms. The van der Waals surface area contributed by atoms with Gasteiger partial charge in [0.2, 0.25) is 0 Å². The molecular formula is C16H17BrO3. The minimum atomic E-state index is 0.419. The van der Waals surface area contributed by atoms with Crippen LogP contribution in [-0.2, 0) is 6.61 Å². The van der Waals surface area contributed by atoms with Crippen molar-refractivity contribution in [1.82, 2.24) is 0 Å². The van der Waals surface area contributed by atoms with Gasteiger partial charge in [0.05, 0.1) is 14.2 Å². The van der Waals surface area contributed by atoms with Crippen molar-refractivity contribution < 1.29 is 14.2 Å². The fourth-order valence-corrected chi connectivity index (χ4v) is 2.32. The van der Waals surface area contributed by atoms with Gasteiger partial charge in [-0.3, -0.25) is 0 Å². The quantitative estimate of drug-likeness (QED) is 0.812. The molecular weight excluding hydrogens is 320 g/mol. The van der Waals surface area contributed by atoms with Gasteiger partial charge in [-0.25, -0.2) is 0 Å². The Kier molecular flexibility index (Phi) is 4.90. The average molecular weight is 337 g/mol. The van der Waals surface area contributed by atoms with E-state index < -0.39 is 0 Å². The molecule has 0 aliphatic heterocycles. The number of methoxy groups -OCH3 is 2. The van der Waals surface area contributed by atoms with E-state index in [1.807, 2.05) is 43.3 Å². The van der Waals surface area contributed by atoms with Gasteiger partial charge in [-0.1, -0.05) is 22.0 Å². The van der Waals surface area contributed by atoms with Crippen LogP contribution in [0.1, 0.15) is 11.1 Å². The van der Waals surface area contributed by atoms with Crippen LogP contribution in [0, 0.1) is 6.92 Å². The lowest BCUT2D eigenvalue weighted by Crippen LogP contribution is -2.00. The summed E-state index contributed by atoms with van der Waals surface area (Å²) >= 11 is 3.45. The van der Waals surface area contributed by atoms with Crippen LogP contribution in [0.15, 0.2) is 40.9 Å². The topological polar surface area (TPSA) is 27.7 Å². The number of hydrogen-bond donors (Lipinski definition) is 0. The first-order valence-electron chi connectivity index (χ1n) is 6.24. The van der Waals surface area contributed by atoms with Gasteiger partial charge in [-0.15, -0.1) is 0 Å². The minimum absolute atomic E-state index is 0.419. The van der Waals surface area contributed by atoms with Crippen LogP contribution < -0.4 is 14.2 Å². The first-order chi connectivity index (χ1) is 9.63. The molecule has 0 aromatic heterocycles. The number of halogens is 1. The molecule has 0 amide bonds. The molecule has 0 saturated carbocycles. The predicted molar refractivity (Wildman–Crippen MR) is 82.8 cm³/mol. The molecule has 0 atom stereocenters. The first-order valence-corrected chi connectivity index (χ1v) is 7.03. The molecule has 0 radical (unpaired) electrons. The van der Waals surface area contributed by atoms with E-state index in [4.69, 9.17) is 14.2 Å². The summed E-state index contributed by atoms with van der Waals surface area (Å²) in [7, 11) is 3.29. The third-order valence-corrected chi connectivity index (χ3v) is 3.44. The summed E-state index contributed by atoms with van der Waals surface area (Å²) in [5, 5.41) is 0. The van der Waals surface area contributed by atoms with Crippen LogP contribution in [-0.4, -0.2) is 14.2 Å². The highest BCUT2D eigenvalue weighted by Crippen LogP contribution is 2.30. The average Bonchev–Trinajstić information content (AvgIpc) is 2.46.